The van der Waals surface area contributed by atoms with Crippen LogP contribution in [0.5, 0.6) is 5.75 Å². The first-order chi connectivity index (χ1) is 13.6. The largest absolute Gasteiger partial charge is 0.484 e. The molecule has 0 radical (unpaired) electrons. The van der Waals surface area contributed by atoms with Crippen LogP contribution in [0.2, 0.25) is 0 Å². The second kappa shape index (κ2) is 7.90. The van der Waals surface area contributed by atoms with Crippen LogP contribution in [0.3, 0.4) is 0 Å². The van der Waals surface area contributed by atoms with E-state index in [0.29, 0.717) is 5.75 Å². The summed E-state index contributed by atoms with van der Waals surface area (Å²) in [5, 5.41) is 3.16. The molecule has 2 heterocycles. The molecule has 5 heteroatoms. The number of fused-ring (bicyclic) bond motifs is 1. The highest BCUT2D eigenvalue weighted by molar-refractivity contribution is 7.10. The van der Waals surface area contributed by atoms with Crippen molar-refractivity contribution in [3.05, 3.63) is 88.2 Å². The summed E-state index contributed by atoms with van der Waals surface area (Å²) in [6.45, 7) is 2.03. The third kappa shape index (κ3) is 3.66. The maximum absolute atomic E-state index is 12.9. The Kier molecular flexibility index (Phi) is 5.17. The molecule has 4 nitrogen and oxygen atoms in total. The zero-order valence-corrected chi connectivity index (χ0v) is 16.7. The van der Waals surface area contributed by atoms with E-state index >= 15 is 0 Å². The van der Waals surface area contributed by atoms with Gasteiger partial charge < -0.3 is 14.6 Å². The number of amides is 1. The fraction of sp³-hybridized carbons (Fsp3) is 0.174. The van der Waals surface area contributed by atoms with Gasteiger partial charge in [-0.15, -0.1) is 11.3 Å². The average molecular weight is 391 g/mol. The maximum Gasteiger partial charge on any atom is 0.261 e. The number of likely N-dealkylation sites (N-methyl/N-ethyl adjacent to an activating group) is 1. The fourth-order valence-electron chi connectivity index (χ4n) is 3.35. The first-order valence-electron chi connectivity index (χ1n) is 9.18. The Morgan fingerprint density at radius 1 is 1.11 bits per heavy atom. The molecule has 1 amide bonds. The predicted octanol–water partition coefficient (Wildman–Crippen LogP) is 5.16. The molecule has 2 aromatic carbocycles. The lowest BCUT2D eigenvalue weighted by Gasteiger charge is -2.27. The topological polar surface area (TPSA) is 45.3 Å². The van der Waals surface area contributed by atoms with Crippen LogP contribution >= 0.6 is 11.3 Å². The number of hydrogen-bond donors (Lipinski definition) is 1. The molecule has 0 saturated carbocycles. The van der Waals surface area contributed by atoms with E-state index in [1.54, 1.807) is 16.2 Å². The Morgan fingerprint density at radius 2 is 1.89 bits per heavy atom. The van der Waals surface area contributed by atoms with Gasteiger partial charge in [0, 0.05) is 34.6 Å². The van der Waals surface area contributed by atoms with Crippen LogP contribution in [0.25, 0.3) is 10.9 Å². The molecule has 4 aromatic rings. The minimum Gasteiger partial charge on any atom is -0.484 e. The number of nitrogens with zero attached hydrogens (tertiary/aromatic N) is 1. The lowest BCUT2D eigenvalue weighted by atomic mass is 10.0. The lowest BCUT2D eigenvalue weighted by Crippen LogP contribution is -2.35. The van der Waals surface area contributed by atoms with Crippen molar-refractivity contribution in [2.75, 3.05) is 13.7 Å². The number of nitrogens with one attached hydrogen (secondary N) is 1. The first kappa shape index (κ1) is 18.3. The summed E-state index contributed by atoms with van der Waals surface area (Å²) in [5.74, 6) is 0.636. The van der Waals surface area contributed by atoms with Crippen LogP contribution in [-0.2, 0) is 4.79 Å². The van der Waals surface area contributed by atoms with Crippen molar-refractivity contribution < 1.29 is 9.53 Å². The van der Waals surface area contributed by atoms with Crippen LogP contribution in [0, 0.1) is 6.92 Å². The molecule has 1 atom stereocenters. The second-order valence-corrected chi connectivity index (χ2v) is 7.79. The van der Waals surface area contributed by atoms with E-state index in [4.69, 9.17) is 4.74 Å². The number of aromatic nitrogens is 1. The Balaban J connectivity index is 1.59. The molecular weight excluding hydrogens is 368 g/mol. The van der Waals surface area contributed by atoms with Crippen molar-refractivity contribution in [1.82, 2.24) is 9.88 Å². The number of aromatic amines is 1. The van der Waals surface area contributed by atoms with Crippen LogP contribution in [-0.4, -0.2) is 29.4 Å². The van der Waals surface area contributed by atoms with Crippen molar-refractivity contribution in [3.8, 4) is 5.75 Å². The van der Waals surface area contributed by atoms with Crippen molar-refractivity contribution in [2.45, 2.75) is 13.0 Å². The maximum atomic E-state index is 12.9. The molecule has 0 bridgehead atoms. The Labute approximate surface area is 168 Å². The van der Waals surface area contributed by atoms with Gasteiger partial charge in [0.2, 0.25) is 0 Å². The summed E-state index contributed by atoms with van der Waals surface area (Å²) < 4.78 is 5.72. The lowest BCUT2D eigenvalue weighted by molar-refractivity contribution is -0.133. The zero-order valence-electron chi connectivity index (χ0n) is 15.9. The number of carbonyl (C=O) groups is 1. The van der Waals surface area contributed by atoms with Gasteiger partial charge >= 0.3 is 0 Å². The molecule has 4 rings (SSSR count). The smallest absolute Gasteiger partial charge is 0.261 e. The number of ether oxygens (including phenoxy) is 1. The van der Waals surface area contributed by atoms with E-state index in [1.807, 2.05) is 74.1 Å². The van der Waals surface area contributed by atoms with E-state index in [-0.39, 0.29) is 18.6 Å². The van der Waals surface area contributed by atoms with Crippen molar-refractivity contribution in [2.24, 2.45) is 0 Å². The Bertz CT molecular complexity index is 1070. The summed E-state index contributed by atoms with van der Waals surface area (Å²) in [7, 11) is 1.84. The van der Waals surface area contributed by atoms with Gasteiger partial charge in [-0.25, -0.2) is 0 Å². The summed E-state index contributed by atoms with van der Waals surface area (Å²) in [6, 6.07) is 19.8. The third-order valence-corrected chi connectivity index (χ3v) is 5.82. The fourth-order valence-corrected chi connectivity index (χ4v) is 4.23. The van der Waals surface area contributed by atoms with Gasteiger partial charge in [0.15, 0.2) is 6.61 Å². The highest BCUT2D eigenvalue weighted by Crippen LogP contribution is 2.35. The van der Waals surface area contributed by atoms with Gasteiger partial charge in [-0.2, -0.15) is 0 Å². The summed E-state index contributed by atoms with van der Waals surface area (Å²) in [5.41, 5.74) is 3.31. The van der Waals surface area contributed by atoms with Crippen molar-refractivity contribution >= 4 is 28.1 Å². The predicted molar refractivity (Wildman–Crippen MR) is 114 cm³/mol. The molecule has 142 valence electrons. The van der Waals surface area contributed by atoms with Crippen molar-refractivity contribution in [3.63, 3.8) is 0 Å². The molecule has 0 aliphatic heterocycles. The van der Waals surface area contributed by atoms with Crippen LogP contribution in [0.1, 0.15) is 22.0 Å². The van der Waals surface area contributed by atoms with Gasteiger partial charge in [0.25, 0.3) is 5.91 Å². The molecule has 0 unspecified atom stereocenters. The summed E-state index contributed by atoms with van der Waals surface area (Å²) in [4.78, 5) is 19.2. The second-order valence-electron chi connectivity index (χ2n) is 6.81. The minimum atomic E-state index is -0.162. The van der Waals surface area contributed by atoms with Crippen LogP contribution < -0.4 is 4.74 Å². The number of H-pyrrole nitrogens is 1. The monoisotopic (exact) mass is 390 g/mol. The van der Waals surface area contributed by atoms with Crippen LogP contribution in [0.15, 0.2) is 72.2 Å². The van der Waals surface area contributed by atoms with Crippen molar-refractivity contribution in [1.29, 1.82) is 0 Å². The zero-order chi connectivity index (χ0) is 19.5. The third-order valence-electron chi connectivity index (χ3n) is 4.89. The van der Waals surface area contributed by atoms with Gasteiger partial charge in [-0.05, 0) is 36.6 Å². The molecular formula is C23H22N2O2S. The molecule has 0 spiro atoms. The molecule has 0 saturated heterocycles. The van der Waals surface area contributed by atoms with E-state index in [1.165, 1.54) is 0 Å². The van der Waals surface area contributed by atoms with Gasteiger partial charge in [-0.1, -0.05) is 42.0 Å². The number of thiophene rings is 1. The Hall–Kier alpha value is -3.05. The molecule has 0 fully saturated rings. The highest BCUT2D eigenvalue weighted by atomic mass is 32.1. The molecule has 2 aromatic heterocycles. The molecule has 0 aliphatic carbocycles. The number of aryl methyl sites for hydroxylation is 1. The number of para-hydroxylation sites is 1. The molecule has 0 aliphatic rings. The SMILES string of the molecule is Cc1ccc(OCC(=O)N(C)[C@H](c2cccs2)c2c[nH]c3ccccc23)cc1. The molecule has 1 N–H and O–H groups in total. The molecule has 28 heavy (non-hydrogen) atoms. The number of rotatable bonds is 6. The Morgan fingerprint density at radius 3 is 2.64 bits per heavy atom. The average Bonchev–Trinajstić information content (AvgIpc) is 3.38. The van der Waals surface area contributed by atoms with Gasteiger partial charge in [0.05, 0.1) is 6.04 Å². The summed E-state index contributed by atoms with van der Waals surface area (Å²) >= 11 is 1.65. The minimum absolute atomic E-state index is 0.00376. The normalized spacial score (nSPS) is 12.1. The van der Waals surface area contributed by atoms with E-state index in [0.717, 1.165) is 26.9 Å². The number of hydrogen-bond acceptors (Lipinski definition) is 3. The summed E-state index contributed by atoms with van der Waals surface area (Å²) in [6.07, 6.45) is 2.00. The van der Waals surface area contributed by atoms with Gasteiger partial charge in [0.1, 0.15) is 5.75 Å². The van der Waals surface area contributed by atoms with Gasteiger partial charge in [-0.3, -0.25) is 4.79 Å². The quantitative estimate of drug-likeness (QED) is 0.494. The number of benzene rings is 2. The van der Waals surface area contributed by atoms with E-state index in [9.17, 15) is 4.79 Å². The van der Waals surface area contributed by atoms with E-state index < -0.39 is 0 Å². The first-order valence-corrected chi connectivity index (χ1v) is 10.1. The van der Waals surface area contributed by atoms with E-state index in [2.05, 4.69) is 17.1 Å². The highest BCUT2D eigenvalue weighted by Gasteiger charge is 2.27. The number of carbonyl (C=O) groups excluding carboxylic acids is 1. The standard InChI is InChI=1S/C23H22N2O2S/c1-16-9-11-17(12-10-16)27-15-22(26)25(2)23(21-8-5-13-28-21)19-14-24-20-7-4-3-6-18(19)20/h3-14,23-24H,15H2,1-2H3/t23-/m0/s1. The van der Waals surface area contributed by atoms with Crippen LogP contribution in [0.4, 0.5) is 0 Å².